The van der Waals surface area contributed by atoms with Crippen LogP contribution in [0.25, 0.3) is 0 Å². The Kier molecular flexibility index (Phi) is 7.70. The number of anilines is 2. The number of amides is 4. The summed E-state index contributed by atoms with van der Waals surface area (Å²) in [5.41, 5.74) is -0.614. The van der Waals surface area contributed by atoms with Crippen LogP contribution >= 0.6 is 39.1 Å². The van der Waals surface area contributed by atoms with Crippen molar-refractivity contribution in [3.63, 3.8) is 0 Å². The first-order valence-electron chi connectivity index (χ1n) is 12.4. The molecule has 2 aromatic carbocycles. The monoisotopic (exact) mass is 682 g/mol. The molecule has 5 rings (SSSR count). The van der Waals surface area contributed by atoms with Gasteiger partial charge in [0.2, 0.25) is 11.9 Å². The summed E-state index contributed by atoms with van der Waals surface area (Å²) >= 11 is 15.9. The van der Waals surface area contributed by atoms with E-state index in [1.165, 1.54) is 44.9 Å². The van der Waals surface area contributed by atoms with E-state index in [2.05, 4.69) is 20.9 Å². The van der Waals surface area contributed by atoms with Crippen molar-refractivity contribution in [3.05, 3.63) is 68.7 Å². The van der Waals surface area contributed by atoms with Crippen molar-refractivity contribution >= 4 is 78.6 Å². The number of hydrogen-bond acceptors (Lipinski definition) is 6. The predicted octanol–water partition coefficient (Wildman–Crippen LogP) is 4.30. The first-order chi connectivity index (χ1) is 19.3. The predicted molar refractivity (Wildman–Crippen MR) is 157 cm³/mol. The highest BCUT2D eigenvalue weighted by Gasteiger charge is 2.53. The van der Waals surface area contributed by atoms with Gasteiger partial charge in [0, 0.05) is 54.7 Å². The van der Waals surface area contributed by atoms with Crippen LogP contribution in [-0.2, 0) is 25.2 Å². The molecule has 41 heavy (non-hydrogen) atoms. The van der Waals surface area contributed by atoms with Gasteiger partial charge >= 0.3 is 6.03 Å². The molecule has 216 valence electrons. The fourth-order valence-corrected chi connectivity index (χ4v) is 7.39. The van der Waals surface area contributed by atoms with Gasteiger partial charge in [0.15, 0.2) is 10.6 Å². The molecule has 2 aliphatic heterocycles. The van der Waals surface area contributed by atoms with E-state index >= 15 is 0 Å². The van der Waals surface area contributed by atoms with Crippen molar-refractivity contribution < 1.29 is 22.8 Å². The van der Waals surface area contributed by atoms with Gasteiger partial charge in [-0.05, 0) is 42.8 Å². The number of halogens is 3. The van der Waals surface area contributed by atoms with Crippen LogP contribution in [-0.4, -0.2) is 83.1 Å². The molecule has 3 heterocycles. The molecule has 0 saturated carbocycles. The number of carbonyl (C=O) groups excluding carboxylic acids is 3. The van der Waals surface area contributed by atoms with Crippen molar-refractivity contribution in [2.45, 2.75) is 24.4 Å². The number of imide groups is 1. The lowest BCUT2D eigenvalue weighted by atomic mass is 9.91. The molecule has 1 fully saturated rings. The Bertz CT molecular complexity index is 1650. The minimum atomic E-state index is -4.19. The third kappa shape index (κ3) is 4.93. The third-order valence-electron chi connectivity index (χ3n) is 7.36. The van der Waals surface area contributed by atoms with Crippen molar-refractivity contribution in [3.8, 4) is 0 Å². The summed E-state index contributed by atoms with van der Waals surface area (Å²) in [6.45, 7) is 3.10. The summed E-state index contributed by atoms with van der Waals surface area (Å²) in [4.78, 5) is 46.6. The summed E-state index contributed by atoms with van der Waals surface area (Å²) in [5.74, 6) is -0.767. The highest BCUT2D eigenvalue weighted by molar-refractivity contribution is 9.10. The van der Waals surface area contributed by atoms with E-state index in [1.807, 2.05) is 0 Å². The summed E-state index contributed by atoms with van der Waals surface area (Å²) in [6.07, 6.45) is 1.23. The number of urea groups is 1. The zero-order chi connectivity index (χ0) is 29.9. The van der Waals surface area contributed by atoms with Crippen LogP contribution in [0.1, 0.15) is 19.4 Å². The van der Waals surface area contributed by atoms with E-state index < -0.39 is 33.4 Å². The standard InChI is InChI=1S/C26H25BrCl2N6O5S/c1-16(36)31(3)25(38)32-8-10-33(11-9-32)41(39,40)22-15-30-24-34(21-13-19(28)12-20(29)14-21)23(37)26(2,35(22)24)17-4-6-18(27)7-5-17/h4-7,12-15H,8-11H2,1-3H3/t26-/m1/s1. The lowest BCUT2D eigenvalue weighted by Gasteiger charge is -2.35. The Morgan fingerprint density at radius 1 is 1.02 bits per heavy atom. The molecule has 0 spiro atoms. The maximum Gasteiger partial charge on any atom is 0.326 e. The quantitative estimate of drug-likeness (QED) is 0.405. The molecule has 2 aliphatic rings. The topological polar surface area (TPSA) is 116 Å². The van der Waals surface area contributed by atoms with Gasteiger partial charge in [-0.1, -0.05) is 51.3 Å². The number of imidazole rings is 1. The molecule has 1 atom stereocenters. The minimum Gasteiger partial charge on any atom is -0.322 e. The van der Waals surface area contributed by atoms with Crippen LogP contribution in [0, 0.1) is 0 Å². The van der Waals surface area contributed by atoms with Crippen LogP contribution in [0.2, 0.25) is 10.0 Å². The first kappa shape index (κ1) is 29.5. The maximum absolute atomic E-state index is 14.2. The minimum absolute atomic E-state index is 0.00308. The number of carbonyl (C=O) groups is 3. The Hall–Kier alpha value is -2.97. The van der Waals surface area contributed by atoms with Gasteiger partial charge in [-0.3, -0.25) is 19.1 Å². The highest BCUT2D eigenvalue weighted by atomic mass is 79.9. The van der Waals surface area contributed by atoms with Crippen molar-refractivity contribution in [1.29, 1.82) is 0 Å². The Labute approximate surface area is 255 Å². The van der Waals surface area contributed by atoms with Crippen LogP contribution in [0.3, 0.4) is 0 Å². The van der Waals surface area contributed by atoms with Crippen molar-refractivity contribution in [1.82, 2.24) is 23.7 Å². The maximum atomic E-state index is 14.2. The zero-order valence-corrected chi connectivity index (χ0v) is 26.1. The number of fused-ring (bicyclic) bond motifs is 1. The molecule has 1 saturated heterocycles. The van der Waals surface area contributed by atoms with E-state index in [4.69, 9.17) is 23.2 Å². The van der Waals surface area contributed by atoms with E-state index in [-0.39, 0.29) is 37.2 Å². The molecule has 0 bridgehead atoms. The van der Waals surface area contributed by atoms with E-state index in [9.17, 15) is 22.8 Å². The largest absolute Gasteiger partial charge is 0.326 e. The second kappa shape index (κ2) is 10.7. The second-order valence-electron chi connectivity index (χ2n) is 9.83. The van der Waals surface area contributed by atoms with Gasteiger partial charge in [0.25, 0.3) is 15.9 Å². The lowest BCUT2D eigenvalue weighted by Crippen LogP contribution is -2.54. The highest BCUT2D eigenvalue weighted by Crippen LogP contribution is 2.46. The lowest BCUT2D eigenvalue weighted by molar-refractivity contribution is -0.125. The molecule has 1 aromatic heterocycles. The number of benzene rings is 2. The fourth-order valence-electron chi connectivity index (χ4n) is 5.02. The van der Waals surface area contributed by atoms with Crippen LogP contribution in [0.5, 0.6) is 0 Å². The number of rotatable bonds is 4. The van der Waals surface area contributed by atoms with Crippen LogP contribution in [0.15, 0.2) is 58.2 Å². The van der Waals surface area contributed by atoms with Crippen LogP contribution < -0.4 is 4.90 Å². The van der Waals surface area contributed by atoms with Gasteiger partial charge < -0.3 is 4.90 Å². The normalized spacial score (nSPS) is 19.4. The average molecular weight is 684 g/mol. The summed E-state index contributed by atoms with van der Waals surface area (Å²) in [7, 11) is -2.81. The van der Waals surface area contributed by atoms with E-state index in [1.54, 1.807) is 43.3 Å². The molecule has 0 N–H and O–H groups in total. The summed E-state index contributed by atoms with van der Waals surface area (Å²) in [6, 6.07) is 11.2. The Morgan fingerprint density at radius 2 is 1.61 bits per heavy atom. The molecular weight excluding hydrogens is 659 g/mol. The zero-order valence-electron chi connectivity index (χ0n) is 22.2. The van der Waals surface area contributed by atoms with Crippen molar-refractivity contribution in [2.24, 2.45) is 0 Å². The molecule has 0 unspecified atom stereocenters. The summed E-state index contributed by atoms with van der Waals surface area (Å²) < 4.78 is 31.6. The number of aromatic nitrogens is 2. The van der Waals surface area contributed by atoms with Gasteiger partial charge in [-0.15, -0.1) is 0 Å². The molecule has 11 nitrogen and oxygen atoms in total. The average Bonchev–Trinajstić information content (AvgIpc) is 3.46. The van der Waals surface area contributed by atoms with Crippen molar-refractivity contribution in [2.75, 3.05) is 38.1 Å². The molecule has 3 aromatic rings. The van der Waals surface area contributed by atoms with E-state index in [0.29, 0.717) is 21.3 Å². The SMILES string of the molecule is CC(=O)N(C)C(=O)N1CCN(S(=O)(=O)c2cnc3n2[C@](C)(c2ccc(Br)cc2)C(=O)N3c2cc(Cl)cc(Cl)c2)CC1. The smallest absolute Gasteiger partial charge is 0.322 e. The fraction of sp³-hybridized carbons (Fsp3) is 0.308. The molecular formula is C26H25BrCl2N6O5S. The van der Waals surface area contributed by atoms with E-state index in [0.717, 1.165) is 9.37 Å². The Morgan fingerprint density at radius 3 is 2.17 bits per heavy atom. The van der Waals surface area contributed by atoms with Gasteiger partial charge in [-0.25, -0.2) is 23.1 Å². The van der Waals surface area contributed by atoms with Gasteiger partial charge in [-0.2, -0.15) is 4.31 Å². The molecule has 15 heteroatoms. The molecule has 4 amide bonds. The summed E-state index contributed by atoms with van der Waals surface area (Å²) in [5, 5.41) is 0.417. The second-order valence-corrected chi connectivity index (χ2v) is 13.5. The number of hydrogen-bond donors (Lipinski definition) is 0. The molecule has 0 aliphatic carbocycles. The molecule has 0 radical (unpaired) electrons. The number of sulfonamides is 1. The van der Waals surface area contributed by atoms with Crippen LogP contribution in [0.4, 0.5) is 16.4 Å². The van der Waals surface area contributed by atoms with Gasteiger partial charge in [0.05, 0.1) is 11.9 Å². The van der Waals surface area contributed by atoms with Gasteiger partial charge in [0.1, 0.15) is 0 Å². The Balaban J connectivity index is 1.58. The number of piperazine rings is 1. The number of nitrogens with zero attached hydrogens (tertiary/aromatic N) is 6. The first-order valence-corrected chi connectivity index (χ1v) is 15.4. The third-order valence-corrected chi connectivity index (χ3v) is 10.2.